The van der Waals surface area contributed by atoms with E-state index in [1.165, 1.54) is 6.07 Å². The zero-order valence-electron chi connectivity index (χ0n) is 29.7. The van der Waals surface area contributed by atoms with Crippen LogP contribution in [0.4, 0.5) is 20.9 Å². The van der Waals surface area contributed by atoms with Gasteiger partial charge in [-0.2, -0.15) is 4.39 Å². The van der Waals surface area contributed by atoms with Crippen LogP contribution in [-0.2, 0) is 30.3 Å². The second-order valence-electron chi connectivity index (χ2n) is 13.4. The molecule has 0 spiro atoms. The highest BCUT2D eigenvalue weighted by molar-refractivity contribution is 7.14. The van der Waals surface area contributed by atoms with E-state index < -0.39 is 34.8 Å². The van der Waals surface area contributed by atoms with Crippen LogP contribution in [0.2, 0.25) is 0 Å². The van der Waals surface area contributed by atoms with Gasteiger partial charge in [-0.05, 0) is 73.7 Å². The normalized spacial score (nSPS) is 16.5. The summed E-state index contributed by atoms with van der Waals surface area (Å²) < 4.78 is 26.4. The van der Waals surface area contributed by atoms with Crippen molar-refractivity contribution in [2.75, 3.05) is 42.3 Å². The standard InChI is InChI=1S/C39H37FN6O8S/c1-21-18-24(10-11-27(21)42-35(49)23-8-9-23)33-34(40)55-39(45-33)44-31(48)20-22-4-2-5-25(19-22)54-17-16-53-15-14-41-28-7-3-6-26-32(28)38(52)46(37(26)51)29-12-13-30(47)43-36(29)50/h2-7,10-11,18-19,23,29,41H,8-9,12-17,20H2,1H3,(H,42,49)(H,43,47,50)(H,44,45,48). The second-order valence-corrected chi connectivity index (χ2v) is 14.3. The number of nitrogens with one attached hydrogen (secondary N) is 4. The Labute approximate surface area is 318 Å². The molecular weight excluding hydrogens is 732 g/mol. The molecule has 284 valence electrons. The van der Waals surface area contributed by atoms with Crippen molar-refractivity contribution >= 4 is 63.3 Å². The van der Waals surface area contributed by atoms with Crippen molar-refractivity contribution in [3.05, 3.63) is 88.0 Å². The van der Waals surface area contributed by atoms with Crippen molar-refractivity contribution in [2.24, 2.45) is 5.92 Å². The van der Waals surface area contributed by atoms with E-state index in [-0.39, 0.29) is 78.8 Å². The van der Waals surface area contributed by atoms with Crippen molar-refractivity contribution in [2.45, 2.75) is 45.1 Å². The maximum atomic E-state index is 14.9. The molecule has 3 heterocycles. The number of hydrogen-bond donors (Lipinski definition) is 4. The molecule has 1 aliphatic carbocycles. The number of aryl methyl sites for hydroxylation is 1. The van der Waals surface area contributed by atoms with E-state index in [1.807, 2.05) is 6.92 Å². The fourth-order valence-electron chi connectivity index (χ4n) is 6.40. The summed E-state index contributed by atoms with van der Waals surface area (Å²) in [6.45, 7) is 2.87. The number of rotatable bonds is 15. The van der Waals surface area contributed by atoms with Gasteiger partial charge in [0.15, 0.2) is 5.13 Å². The van der Waals surface area contributed by atoms with E-state index in [9.17, 15) is 33.2 Å². The molecule has 0 radical (unpaired) electrons. The monoisotopic (exact) mass is 768 g/mol. The molecule has 4 N–H and O–H groups in total. The van der Waals surface area contributed by atoms with Crippen molar-refractivity contribution in [1.82, 2.24) is 15.2 Å². The maximum Gasteiger partial charge on any atom is 0.264 e. The fraction of sp³-hybridized carbons (Fsp3) is 0.308. The summed E-state index contributed by atoms with van der Waals surface area (Å²) in [5.74, 6) is -2.06. The average Bonchev–Trinajstić information content (AvgIpc) is 3.90. The number of piperidine rings is 1. The van der Waals surface area contributed by atoms with Crippen molar-refractivity contribution in [3.8, 4) is 17.0 Å². The van der Waals surface area contributed by atoms with Crippen LogP contribution in [0.15, 0.2) is 60.7 Å². The smallest absolute Gasteiger partial charge is 0.264 e. The van der Waals surface area contributed by atoms with Gasteiger partial charge in [-0.15, -0.1) is 0 Å². The van der Waals surface area contributed by atoms with Gasteiger partial charge < -0.3 is 25.4 Å². The molecule has 1 aromatic heterocycles. The zero-order chi connectivity index (χ0) is 38.6. The summed E-state index contributed by atoms with van der Waals surface area (Å²) in [5, 5.41) is 10.5. The highest BCUT2D eigenvalue weighted by Crippen LogP contribution is 2.35. The van der Waals surface area contributed by atoms with Gasteiger partial charge in [-0.3, -0.25) is 39.0 Å². The number of carbonyl (C=O) groups excluding carboxylic acids is 6. The summed E-state index contributed by atoms with van der Waals surface area (Å²) in [6, 6.07) is 16.0. The minimum atomic E-state index is -1.04. The van der Waals surface area contributed by atoms with E-state index in [1.54, 1.807) is 54.6 Å². The Hall–Kier alpha value is -6.00. The molecule has 7 rings (SSSR count). The Bertz CT molecular complexity index is 2200. The highest BCUT2D eigenvalue weighted by atomic mass is 32.1. The summed E-state index contributed by atoms with van der Waals surface area (Å²) in [5.41, 5.74) is 3.57. The first kappa shape index (κ1) is 37.3. The number of ether oxygens (including phenoxy) is 2. The Kier molecular flexibility index (Phi) is 11.0. The lowest BCUT2D eigenvalue weighted by Crippen LogP contribution is -2.54. The molecule has 6 amide bonds. The third kappa shape index (κ3) is 8.55. The topological polar surface area (TPSA) is 185 Å². The summed E-state index contributed by atoms with van der Waals surface area (Å²) in [4.78, 5) is 80.4. The molecule has 1 saturated heterocycles. The summed E-state index contributed by atoms with van der Waals surface area (Å²) in [6.07, 6.45) is 1.91. The van der Waals surface area contributed by atoms with Crippen molar-refractivity contribution < 1.29 is 42.6 Å². The van der Waals surface area contributed by atoms with Gasteiger partial charge in [-0.1, -0.05) is 35.6 Å². The van der Waals surface area contributed by atoms with E-state index in [4.69, 9.17) is 9.47 Å². The molecule has 3 aliphatic rings. The lowest BCUT2D eigenvalue weighted by molar-refractivity contribution is -0.136. The van der Waals surface area contributed by atoms with Crippen LogP contribution in [0, 0.1) is 18.0 Å². The number of hydrogen-bond acceptors (Lipinski definition) is 11. The number of carbonyl (C=O) groups is 6. The van der Waals surface area contributed by atoms with Crippen molar-refractivity contribution in [1.29, 1.82) is 0 Å². The van der Waals surface area contributed by atoms with Gasteiger partial charge in [0.25, 0.3) is 11.8 Å². The van der Waals surface area contributed by atoms with E-state index in [0.717, 1.165) is 34.6 Å². The molecule has 1 saturated carbocycles. The third-order valence-corrected chi connectivity index (χ3v) is 10.1. The number of aromatic nitrogens is 1. The molecular formula is C39H37FN6O8S. The lowest BCUT2D eigenvalue weighted by atomic mass is 10.0. The molecule has 14 nitrogen and oxygen atoms in total. The van der Waals surface area contributed by atoms with Crippen LogP contribution in [0.1, 0.15) is 57.5 Å². The molecule has 2 fully saturated rings. The first-order chi connectivity index (χ1) is 26.5. The minimum Gasteiger partial charge on any atom is -0.491 e. The largest absolute Gasteiger partial charge is 0.491 e. The second kappa shape index (κ2) is 16.2. The lowest BCUT2D eigenvalue weighted by Gasteiger charge is -2.27. The zero-order valence-corrected chi connectivity index (χ0v) is 30.6. The quantitative estimate of drug-likeness (QED) is 0.0977. The number of anilines is 3. The number of amides is 6. The number of halogens is 1. The molecule has 3 aromatic carbocycles. The average molecular weight is 769 g/mol. The first-order valence-corrected chi connectivity index (χ1v) is 18.6. The third-order valence-electron chi connectivity index (χ3n) is 9.33. The molecule has 55 heavy (non-hydrogen) atoms. The summed E-state index contributed by atoms with van der Waals surface area (Å²) in [7, 11) is 0. The first-order valence-electron chi connectivity index (χ1n) is 17.8. The predicted molar refractivity (Wildman–Crippen MR) is 200 cm³/mol. The Balaban J connectivity index is 0.841. The van der Waals surface area contributed by atoms with E-state index in [0.29, 0.717) is 34.8 Å². The van der Waals surface area contributed by atoms with E-state index in [2.05, 4.69) is 26.3 Å². The van der Waals surface area contributed by atoms with Gasteiger partial charge in [0, 0.05) is 35.8 Å². The Morgan fingerprint density at radius 1 is 0.945 bits per heavy atom. The van der Waals surface area contributed by atoms with Gasteiger partial charge >= 0.3 is 0 Å². The number of fused-ring (bicyclic) bond motifs is 1. The maximum absolute atomic E-state index is 14.9. The molecule has 1 unspecified atom stereocenters. The Morgan fingerprint density at radius 3 is 2.55 bits per heavy atom. The molecule has 0 bridgehead atoms. The molecule has 2 aliphatic heterocycles. The number of benzene rings is 3. The van der Waals surface area contributed by atoms with Crippen LogP contribution >= 0.6 is 11.3 Å². The fourth-order valence-corrected chi connectivity index (χ4v) is 7.13. The van der Waals surface area contributed by atoms with Crippen LogP contribution in [0.25, 0.3) is 11.3 Å². The van der Waals surface area contributed by atoms with Crippen LogP contribution in [0.3, 0.4) is 0 Å². The van der Waals surface area contributed by atoms with Crippen LogP contribution in [-0.4, -0.2) is 77.7 Å². The number of nitrogens with zero attached hydrogens (tertiary/aromatic N) is 2. The molecule has 4 aromatic rings. The SMILES string of the molecule is Cc1cc(-c2nc(NC(=O)Cc3cccc(OCCOCCNc4cccc5c4C(=O)N(C4CCC(=O)NC4=O)C5=O)c3)sc2F)ccc1NC(=O)C1CC1. The predicted octanol–water partition coefficient (Wildman–Crippen LogP) is 4.70. The van der Waals surface area contributed by atoms with Gasteiger partial charge in [0.05, 0.1) is 30.8 Å². The van der Waals surface area contributed by atoms with Crippen LogP contribution in [0.5, 0.6) is 5.75 Å². The van der Waals surface area contributed by atoms with Gasteiger partial charge in [-0.25, -0.2) is 4.98 Å². The van der Waals surface area contributed by atoms with Gasteiger partial charge in [0.1, 0.15) is 24.1 Å². The minimum absolute atomic E-state index is 0.00692. The van der Waals surface area contributed by atoms with E-state index >= 15 is 0 Å². The number of thiazole rings is 1. The number of imide groups is 2. The molecule has 16 heteroatoms. The van der Waals surface area contributed by atoms with Gasteiger partial charge in [0.2, 0.25) is 28.8 Å². The Morgan fingerprint density at radius 2 is 1.76 bits per heavy atom. The molecule has 1 atom stereocenters. The highest BCUT2D eigenvalue weighted by Gasteiger charge is 2.45. The van der Waals surface area contributed by atoms with Crippen LogP contribution < -0.4 is 26.0 Å². The van der Waals surface area contributed by atoms with Crippen molar-refractivity contribution in [3.63, 3.8) is 0 Å². The summed E-state index contributed by atoms with van der Waals surface area (Å²) >= 11 is 0.737.